The van der Waals surface area contributed by atoms with Crippen LogP contribution in [0.1, 0.15) is 63.9 Å². The van der Waals surface area contributed by atoms with Gasteiger partial charge in [0.1, 0.15) is 17.6 Å². The van der Waals surface area contributed by atoms with Crippen molar-refractivity contribution in [2.45, 2.75) is 38.2 Å². The number of nitrogens with zero attached hydrogens (tertiary/aromatic N) is 1. The van der Waals surface area contributed by atoms with Gasteiger partial charge in [-0.25, -0.2) is 0 Å². The number of aromatic hydroxyl groups is 1. The summed E-state index contributed by atoms with van der Waals surface area (Å²) in [6, 6.07) is 7.77. The topological polar surface area (TPSA) is 110 Å². The lowest BCUT2D eigenvalue weighted by atomic mass is 9.82. The largest absolute Gasteiger partial charge is 0.507 e. The molecule has 0 spiro atoms. The van der Waals surface area contributed by atoms with Crippen LogP contribution >= 0.6 is 0 Å². The molecular formula is C26H24N2O5. The maximum absolute atomic E-state index is 13.1. The number of carbonyl (C=O) groups is 3. The number of allylic oxidation sites excluding steroid dienone is 1. The number of ketones is 2. The normalized spacial score (nSPS) is 20.1. The van der Waals surface area contributed by atoms with E-state index < -0.39 is 17.7 Å². The Hall–Kier alpha value is -3.87. The predicted molar refractivity (Wildman–Crippen MR) is 122 cm³/mol. The number of ether oxygens (including phenoxy) is 1. The molecule has 3 aliphatic rings. The minimum atomic E-state index is -0.441. The molecule has 2 aromatic carbocycles. The average Bonchev–Trinajstić information content (AvgIpc) is 3.04. The summed E-state index contributed by atoms with van der Waals surface area (Å²) < 4.78 is 6.01. The number of hydrogen-bond acceptors (Lipinski definition) is 6. The van der Waals surface area contributed by atoms with Crippen molar-refractivity contribution in [3.63, 3.8) is 0 Å². The van der Waals surface area contributed by atoms with E-state index in [4.69, 9.17) is 10.5 Å². The summed E-state index contributed by atoms with van der Waals surface area (Å²) in [6.45, 7) is 0.712. The molecule has 1 amide bonds. The molecule has 0 bridgehead atoms. The smallest absolute Gasteiger partial charge is 0.226 e. The van der Waals surface area contributed by atoms with E-state index in [1.54, 1.807) is 24.3 Å². The van der Waals surface area contributed by atoms with Crippen molar-refractivity contribution in [3.05, 3.63) is 76.5 Å². The van der Waals surface area contributed by atoms with Crippen molar-refractivity contribution in [2.75, 3.05) is 12.3 Å². The van der Waals surface area contributed by atoms with E-state index in [0.717, 1.165) is 25.0 Å². The van der Waals surface area contributed by atoms with E-state index in [2.05, 4.69) is 0 Å². The first-order valence-electron chi connectivity index (χ1n) is 11.1. The Morgan fingerprint density at radius 3 is 2.42 bits per heavy atom. The molecule has 1 fully saturated rings. The van der Waals surface area contributed by atoms with Gasteiger partial charge >= 0.3 is 0 Å². The van der Waals surface area contributed by atoms with Gasteiger partial charge in [0, 0.05) is 42.3 Å². The van der Waals surface area contributed by atoms with Gasteiger partial charge in [-0.1, -0.05) is 36.8 Å². The first-order chi connectivity index (χ1) is 16.0. The van der Waals surface area contributed by atoms with Crippen molar-refractivity contribution in [3.8, 4) is 11.5 Å². The van der Waals surface area contributed by atoms with Crippen LogP contribution in [0.3, 0.4) is 0 Å². The number of hydrogen-bond donors (Lipinski definition) is 2. The van der Waals surface area contributed by atoms with E-state index in [1.165, 1.54) is 6.07 Å². The van der Waals surface area contributed by atoms with Gasteiger partial charge in [0.05, 0.1) is 16.8 Å². The molecule has 1 heterocycles. The second-order valence-corrected chi connectivity index (χ2v) is 8.50. The molecule has 5 rings (SSSR count). The van der Waals surface area contributed by atoms with Crippen LogP contribution in [0.2, 0.25) is 0 Å². The van der Waals surface area contributed by atoms with Crippen LogP contribution in [-0.2, 0) is 4.79 Å². The van der Waals surface area contributed by atoms with Gasteiger partial charge in [-0.2, -0.15) is 0 Å². The minimum absolute atomic E-state index is 0.0279. The molecule has 33 heavy (non-hydrogen) atoms. The molecule has 1 aliphatic heterocycles. The first-order valence-corrected chi connectivity index (χ1v) is 11.1. The highest BCUT2D eigenvalue weighted by molar-refractivity contribution is 6.31. The van der Waals surface area contributed by atoms with Crippen LogP contribution in [0, 0.1) is 0 Å². The van der Waals surface area contributed by atoms with Crippen molar-refractivity contribution < 1.29 is 24.2 Å². The average molecular weight is 444 g/mol. The molecular weight excluding hydrogens is 420 g/mol. The zero-order chi connectivity index (χ0) is 23.1. The van der Waals surface area contributed by atoms with Gasteiger partial charge in [-0.05, 0) is 25.0 Å². The number of nitrogens with two attached hydrogens (primary N) is 1. The Bertz CT molecular complexity index is 1240. The summed E-state index contributed by atoms with van der Waals surface area (Å²) in [5.41, 5.74) is 7.55. The summed E-state index contributed by atoms with van der Waals surface area (Å²) in [5.74, 6) is -0.921. The number of fused-ring (bicyclic) bond motifs is 2. The van der Waals surface area contributed by atoms with Gasteiger partial charge in [0.15, 0.2) is 11.6 Å². The highest BCUT2D eigenvalue weighted by Gasteiger charge is 2.35. The molecule has 1 unspecified atom stereocenters. The lowest BCUT2D eigenvalue weighted by Gasteiger charge is -2.27. The summed E-state index contributed by atoms with van der Waals surface area (Å²) in [4.78, 5) is 40.2. The van der Waals surface area contributed by atoms with Crippen LogP contribution in [-0.4, -0.2) is 40.1 Å². The number of phenolic OH excluding ortho intramolecular Hbond substituents is 1. The molecule has 2 aromatic rings. The SMILES string of the molecule is Nc1c(OC2C=CC(N3CCCCCC3=O)=CC2)cc(O)c2c1C(=O)c1ccccc1C2=O. The van der Waals surface area contributed by atoms with Gasteiger partial charge in [0.2, 0.25) is 5.91 Å². The fourth-order valence-corrected chi connectivity index (χ4v) is 4.67. The Labute approximate surface area is 191 Å². The molecule has 0 radical (unpaired) electrons. The Morgan fingerprint density at radius 1 is 1.00 bits per heavy atom. The number of rotatable bonds is 3. The molecule has 1 atom stereocenters. The third-order valence-corrected chi connectivity index (χ3v) is 6.38. The molecule has 3 N–H and O–H groups in total. The molecule has 0 saturated carbocycles. The second-order valence-electron chi connectivity index (χ2n) is 8.50. The molecule has 2 aliphatic carbocycles. The number of anilines is 1. The van der Waals surface area contributed by atoms with E-state index in [9.17, 15) is 19.5 Å². The number of benzene rings is 2. The lowest BCUT2D eigenvalue weighted by Crippen LogP contribution is -2.30. The minimum Gasteiger partial charge on any atom is -0.507 e. The standard InChI is InChI=1S/C26H24N2O5/c27-24-20(33-16-11-9-15(10-12-16)28-13-5-1-2-8-21(28)30)14-19(29)22-23(24)26(32)18-7-4-3-6-17(18)25(22)31/h3-4,6-7,9-11,14,16,29H,1-2,5,8,12-13,27H2. The van der Waals surface area contributed by atoms with E-state index in [0.29, 0.717) is 19.4 Å². The van der Waals surface area contributed by atoms with Crippen molar-refractivity contribution in [2.24, 2.45) is 0 Å². The van der Waals surface area contributed by atoms with E-state index >= 15 is 0 Å². The maximum atomic E-state index is 13.1. The van der Waals surface area contributed by atoms with Crippen LogP contribution in [0.25, 0.3) is 0 Å². The van der Waals surface area contributed by atoms with Gasteiger partial charge in [-0.15, -0.1) is 0 Å². The quantitative estimate of drug-likeness (QED) is 0.470. The molecule has 7 heteroatoms. The summed E-state index contributed by atoms with van der Waals surface area (Å²) in [5, 5.41) is 10.6. The summed E-state index contributed by atoms with van der Waals surface area (Å²) in [6.07, 6.45) is 9.28. The summed E-state index contributed by atoms with van der Waals surface area (Å²) in [7, 11) is 0. The second kappa shape index (κ2) is 8.24. The fraction of sp³-hybridized carbons (Fsp3) is 0.269. The Kier molecular flexibility index (Phi) is 5.24. The van der Waals surface area contributed by atoms with Crippen LogP contribution in [0.15, 0.2) is 54.3 Å². The summed E-state index contributed by atoms with van der Waals surface area (Å²) >= 11 is 0. The van der Waals surface area contributed by atoms with E-state index in [-0.39, 0.29) is 45.3 Å². The Balaban J connectivity index is 1.40. The number of likely N-dealkylation sites (tertiary alicyclic amines) is 1. The van der Waals surface area contributed by atoms with Crippen LogP contribution < -0.4 is 10.5 Å². The van der Waals surface area contributed by atoms with Crippen molar-refractivity contribution >= 4 is 23.2 Å². The third-order valence-electron chi connectivity index (χ3n) is 6.38. The molecule has 7 nitrogen and oxygen atoms in total. The van der Waals surface area contributed by atoms with Crippen LogP contribution in [0.4, 0.5) is 5.69 Å². The van der Waals surface area contributed by atoms with Gasteiger partial charge < -0.3 is 20.5 Å². The number of carbonyl (C=O) groups excluding carboxylic acids is 3. The number of phenols is 1. The third kappa shape index (κ3) is 3.59. The van der Waals surface area contributed by atoms with Gasteiger partial charge in [-0.3, -0.25) is 14.4 Å². The van der Waals surface area contributed by atoms with Crippen molar-refractivity contribution in [1.82, 2.24) is 4.90 Å². The number of amides is 1. The van der Waals surface area contributed by atoms with Gasteiger partial charge in [0.25, 0.3) is 0 Å². The number of nitrogen functional groups attached to an aromatic ring is 1. The lowest BCUT2D eigenvalue weighted by molar-refractivity contribution is -0.128. The zero-order valence-corrected chi connectivity index (χ0v) is 18.0. The fourth-order valence-electron chi connectivity index (χ4n) is 4.67. The highest BCUT2D eigenvalue weighted by Crippen LogP contribution is 2.41. The molecule has 0 aromatic heterocycles. The zero-order valence-electron chi connectivity index (χ0n) is 18.0. The Morgan fingerprint density at radius 2 is 1.73 bits per heavy atom. The van der Waals surface area contributed by atoms with E-state index in [1.807, 2.05) is 23.1 Å². The highest BCUT2D eigenvalue weighted by atomic mass is 16.5. The first kappa shape index (κ1) is 21.0. The van der Waals surface area contributed by atoms with Crippen LogP contribution in [0.5, 0.6) is 11.5 Å². The van der Waals surface area contributed by atoms with Crippen molar-refractivity contribution in [1.29, 1.82) is 0 Å². The maximum Gasteiger partial charge on any atom is 0.226 e. The molecule has 168 valence electrons. The monoisotopic (exact) mass is 444 g/mol. The molecule has 1 saturated heterocycles. The predicted octanol–water partition coefficient (Wildman–Crippen LogP) is 3.74.